The van der Waals surface area contributed by atoms with Crippen molar-refractivity contribution in [2.75, 3.05) is 13.6 Å². The molecule has 1 spiro atoms. The molecule has 4 saturated heterocycles. The van der Waals surface area contributed by atoms with E-state index in [1.165, 1.54) is 23.8 Å². The second kappa shape index (κ2) is 4.88. The molecule has 27 heavy (non-hydrogen) atoms. The number of aromatic nitrogens is 3. The van der Waals surface area contributed by atoms with Gasteiger partial charge in [0, 0.05) is 38.0 Å². The van der Waals surface area contributed by atoms with Gasteiger partial charge in [0.25, 0.3) is 5.91 Å². The van der Waals surface area contributed by atoms with Crippen LogP contribution < -0.4 is 27.7 Å². The number of fused-ring (bicyclic) bond motifs is 1. The van der Waals surface area contributed by atoms with Crippen LogP contribution in [0.25, 0.3) is 0 Å². The van der Waals surface area contributed by atoms with Gasteiger partial charge >= 0.3 is 17.4 Å². The van der Waals surface area contributed by atoms with Gasteiger partial charge in [0.15, 0.2) is 0 Å². The zero-order valence-electron chi connectivity index (χ0n) is 15.3. The summed E-state index contributed by atoms with van der Waals surface area (Å²) in [6.07, 6.45) is 0.651. The molecule has 1 aromatic heterocycles. The lowest BCUT2D eigenvalue weighted by atomic mass is 9.53. The maximum atomic E-state index is 13.1. The van der Waals surface area contributed by atoms with Gasteiger partial charge in [-0.1, -0.05) is 6.92 Å². The Morgan fingerprint density at radius 2 is 1.89 bits per heavy atom. The smallest absolute Gasteiger partial charge is 0.272 e. The number of hydrogen-bond donors (Lipinski definition) is 4. The van der Waals surface area contributed by atoms with E-state index in [-0.39, 0.29) is 23.9 Å². The Kier molecular flexibility index (Phi) is 3.02. The first kappa shape index (κ1) is 16.7. The zero-order chi connectivity index (χ0) is 19.3. The fourth-order valence-corrected chi connectivity index (χ4v) is 5.63. The minimum Gasteiger partial charge on any atom is -0.272 e. The Morgan fingerprint density at radius 1 is 1.15 bits per heavy atom. The molecule has 146 valence electrons. The number of amides is 3. The molecule has 3 amide bonds. The van der Waals surface area contributed by atoms with E-state index in [9.17, 15) is 19.2 Å². The molecule has 5 heterocycles. The summed E-state index contributed by atoms with van der Waals surface area (Å²) in [5.41, 5.74) is 6.85. The summed E-state index contributed by atoms with van der Waals surface area (Å²) in [4.78, 5) is 51.4. The van der Waals surface area contributed by atoms with Crippen LogP contribution in [-0.4, -0.2) is 61.4 Å². The summed E-state index contributed by atoms with van der Waals surface area (Å²) in [6, 6.07) is -0.505. The molecule has 4 N–H and O–H groups in total. The van der Waals surface area contributed by atoms with Crippen LogP contribution in [0.3, 0.4) is 0 Å². The van der Waals surface area contributed by atoms with E-state index in [2.05, 4.69) is 21.4 Å². The number of nitrogens with one attached hydrogen (secondary N) is 4. The molecule has 12 heteroatoms. The Bertz CT molecular complexity index is 979. The first-order valence-corrected chi connectivity index (χ1v) is 8.99. The number of nitrogens with zero attached hydrogens (tertiary/aromatic N) is 4. The summed E-state index contributed by atoms with van der Waals surface area (Å²) in [5, 5.41) is 4.07. The largest absolute Gasteiger partial charge is 0.348 e. The number of imide groups is 1. The molecule has 0 radical (unpaired) electrons. The molecule has 4 aliphatic heterocycles. The lowest BCUT2D eigenvalue weighted by Crippen LogP contribution is -2.82. The molecular formula is C15H22N8O4. The van der Waals surface area contributed by atoms with Gasteiger partial charge in [-0.2, -0.15) is 0 Å². The number of rotatable bonds is 1. The summed E-state index contributed by atoms with van der Waals surface area (Å²) in [5.74, 6) is -0.473. The first-order chi connectivity index (χ1) is 12.7. The van der Waals surface area contributed by atoms with Crippen molar-refractivity contribution in [2.24, 2.45) is 18.4 Å². The van der Waals surface area contributed by atoms with E-state index in [1.807, 2.05) is 6.92 Å². The highest BCUT2D eigenvalue weighted by molar-refractivity contribution is 6.07. The van der Waals surface area contributed by atoms with E-state index in [0.717, 1.165) is 9.47 Å². The van der Waals surface area contributed by atoms with E-state index < -0.39 is 28.5 Å². The zero-order valence-corrected chi connectivity index (χ0v) is 15.3. The lowest BCUT2D eigenvalue weighted by molar-refractivity contribution is -0.191. The molecule has 6 rings (SSSR count). The standard InChI is InChI=1S/C15H22N8O4/c1-14-7(6-16-17-9(14)22-12(26)21(3)11(25)19-22)15-5-4-8(14)18-23(15)13(27)20(2)10(15)24/h7-9,16-18H,4-6H2,1-3H3,(H,19,25)/t7?,8-,9+,14-,15+/m1/s1. The Labute approximate surface area is 153 Å². The maximum absolute atomic E-state index is 13.1. The summed E-state index contributed by atoms with van der Waals surface area (Å²) in [7, 11) is 2.91. The minimum atomic E-state index is -0.999. The van der Waals surface area contributed by atoms with Crippen molar-refractivity contribution in [3.8, 4) is 0 Å². The average Bonchev–Trinajstić information content (AvgIpc) is 3.02. The van der Waals surface area contributed by atoms with E-state index in [1.54, 1.807) is 0 Å². The fraction of sp³-hybridized carbons (Fsp3) is 0.733. The predicted octanol–water partition coefficient (Wildman–Crippen LogP) is -2.58. The average molecular weight is 378 g/mol. The van der Waals surface area contributed by atoms with Gasteiger partial charge in [-0.3, -0.25) is 15.1 Å². The number of hydrogen-bond acceptors (Lipinski definition) is 7. The lowest BCUT2D eigenvalue weighted by Gasteiger charge is -2.65. The van der Waals surface area contributed by atoms with Gasteiger partial charge < -0.3 is 0 Å². The molecule has 1 aliphatic carbocycles. The van der Waals surface area contributed by atoms with Gasteiger partial charge in [-0.25, -0.2) is 44.6 Å². The molecule has 2 bridgehead atoms. The van der Waals surface area contributed by atoms with Gasteiger partial charge in [0.05, 0.1) is 0 Å². The van der Waals surface area contributed by atoms with Crippen LogP contribution >= 0.6 is 0 Å². The Hall–Kier alpha value is -2.44. The van der Waals surface area contributed by atoms with Crippen LogP contribution in [0.2, 0.25) is 0 Å². The number of carbonyl (C=O) groups is 2. The van der Waals surface area contributed by atoms with Gasteiger partial charge in [0.1, 0.15) is 11.7 Å². The van der Waals surface area contributed by atoms with Crippen LogP contribution in [0, 0.1) is 11.3 Å². The molecule has 1 unspecified atom stereocenters. The number of urea groups is 1. The van der Waals surface area contributed by atoms with Crippen molar-refractivity contribution in [1.29, 1.82) is 0 Å². The van der Waals surface area contributed by atoms with Crippen LogP contribution in [-0.2, 0) is 11.8 Å². The highest BCUT2D eigenvalue weighted by atomic mass is 16.2. The molecule has 0 aromatic carbocycles. The van der Waals surface area contributed by atoms with Crippen molar-refractivity contribution in [3.63, 3.8) is 0 Å². The molecule has 5 atom stereocenters. The van der Waals surface area contributed by atoms with Crippen molar-refractivity contribution < 1.29 is 9.59 Å². The number of likely N-dealkylation sites (N-methyl/N-ethyl adjacent to an activating group) is 1. The van der Waals surface area contributed by atoms with E-state index >= 15 is 0 Å². The number of aromatic amines is 1. The van der Waals surface area contributed by atoms with Crippen LogP contribution in [0.15, 0.2) is 9.59 Å². The predicted molar refractivity (Wildman–Crippen MR) is 91.0 cm³/mol. The molecule has 5 fully saturated rings. The van der Waals surface area contributed by atoms with Crippen LogP contribution in [0.1, 0.15) is 25.9 Å². The van der Waals surface area contributed by atoms with Crippen molar-refractivity contribution >= 4 is 11.9 Å². The van der Waals surface area contributed by atoms with Gasteiger partial charge in [-0.05, 0) is 12.8 Å². The molecule has 12 nitrogen and oxygen atoms in total. The topological polar surface area (TPSA) is 136 Å². The summed E-state index contributed by atoms with van der Waals surface area (Å²) in [6.45, 7) is 2.46. The highest BCUT2D eigenvalue weighted by Gasteiger charge is 2.74. The van der Waals surface area contributed by atoms with E-state index in [0.29, 0.717) is 19.4 Å². The number of H-pyrrole nitrogens is 1. The van der Waals surface area contributed by atoms with Gasteiger partial charge in [0.2, 0.25) is 0 Å². The summed E-state index contributed by atoms with van der Waals surface area (Å²) >= 11 is 0. The Balaban J connectivity index is 1.69. The maximum Gasteiger partial charge on any atom is 0.348 e. The third-order valence-corrected chi connectivity index (χ3v) is 7.14. The number of carbonyl (C=O) groups excluding carboxylic acids is 2. The van der Waals surface area contributed by atoms with Crippen molar-refractivity contribution in [2.45, 2.75) is 37.5 Å². The SMILES string of the molecule is CN1C(=O)N2N[C@@H]3CC[C@@]2(C1=O)C1CNN[C@@H](n2[nH]c(=O)n(C)c2=O)[C@]13C. The monoisotopic (exact) mass is 378 g/mol. The molecule has 5 aliphatic rings. The quantitative estimate of drug-likeness (QED) is 0.394. The van der Waals surface area contributed by atoms with Gasteiger partial charge in [-0.15, -0.1) is 0 Å². The molecule has 1 aromatic rings. The molecular weight excluding hydrogens is 356 g/mol. The second-order valence-corrected chi connectivity index (χ2v) is 8.10. The third kappa shape index (κ3) is 1.65. The van der Waals surface area contributed by atoms with E-state index in [4.69, 9.17) is 0 Å². The van der Waals surface area contributed by atoms with Crippen molar-refractivity contribution in [3.05, 3.63) is 21.0 Å². The fourth-order valence-electron chi connectivity index (χ4n) is 5.63. The number of hydrazine groups is 2. The molecule has 1 saturated carbocycles. The Morgan fingerprint density at radius 3 is 2.56 bits per heavy atom. The third-order valence-electron chi connectivity index (χ3n) is 7.14. The second-order valence-electron chi connectivity index (χ2n) is 8.10. The summed E-state index contributed by atoms with van der Waals surface area (Å²) < 4.78 is 2.28. The minimum absolute atomic E-state index is 0.150. The normalized spacial score (nSPS) is 40.5. The highest BCUT2D eigenvalue weighted by Crippen LogP contribution is 2.59. The van der Waals surface area contributed by atoms with Crippen LogP contribution in [0.4, 0.5) is 4.79 Å². The van der Waals surface area contributed by atoms with Crippen molar-refractivity contribution in [1.82, 2.24) is 40.5 Å². The first-order valence-electron chi connectivity index (χ1n) is 8.99. The van der Waals surface area contributed by atoms with Crippen LogP contribution in [0.5, 0.6) is 0 Å².